The molecule has 0 fully saturated rings. The van der Waals surface area contributed by atoms with Gasteiger partial charge in [-0.2, -0.15) is 0 Å². The number of aromatic hydroxyl groups is 2. The van der Waals surface area contributed by atoms with Gasteiger partial charge in [-0.25, -0.2) is 9.13 Å². The van der Waals surface area contributed by atoms with Crippen molar-refractivity contribution in [3.05, 3.63) is 188 Å². The molecule has 102 heavy (non-hydrogen) atoms. The van der Waals surface area contributed by atoms with E-state index in [1.165, 1.54) is 70.3 Å². The molecule has 36 heteroatoms. The number of hydrogen-bond donors (Lipinski definition) is 16. The van der Waals surface area contributed by atoms with E-state index in [2.05, 4.69) is 10.6 Å². The van der Waals surface area contributed by atoms with Gasteiger partial charge in [-0.05, 0) is 85.8 Å². The third-order valence-electron chi connectivity index (χ3n) is 16.1. The van der Waals surface area contributed by atoms with E-state index >= 15 is 0 Å². The van der Waals surface area contributed by atoms with Crippen molar-refractivity contribution < 1.29 is 135 Å². The fourth-order valence-corrected chi connectivity index (χ4v) is 14.4. The standard InChI is InChI=1S/2C33H38N2O14P2/c1-21-2-9-27-28(38)18-29(49-31(27)30(21)39)23-3-5-24(6-4-23)32(40)34-13-17-48-16-12-25(36)7-8-26(37)20-35-14-10-22(11-15-35)19-33(41,50(42,43)44)51(45,46)47;1-21-4-11-27-28(38)17-29(49-31(27)30(21)39)23-5-7-24(8-6-23)32(40)34-13-16-48-15-12-25(36)9-10-26(37)20-35-14-2-3-22(19-35)18-33(41,50(42,43)44)51(45,46)47/h2-6,9-11,14-15,18,26,37,41H,7-8,12-13,16-17,19-20H2,1H3,(H5-,34,39,40,42,43,44,45,46,47);2-8,11,14,17,19,26,37,41H,9-10,12-13,15-16,18,20H2,1H3,(H5-,34,39,40,42,43,44,45,46,47)/p+2. The molecular weight excluding hydrogens is 1420 g/mol. The number of fused-ring (bicyclic) bond motifs is 2. The van der Waals surface area contributed by atoms with Gasteiger partial charge >= 0.3 is 30.4 Å². The number of nitrogens with one attached hydrogen (secondary N) is 2. The summed E-state index contributed by atoms with van der Waals surface area (Å²) >= 11 is 0. The molecule has 0 bridgehead atoms. The maximum atomic E-state index is 12.6. The van der Waals surface area contributed by atoms with Gasteiger partial charge in [0.05, 0.1) is 37.2 Å². The predicted molar refractivity (Wildman–Crippen MR) is 363 cm³/mol. The second kappa shape index (κ2) is 34.9. The number of amides is 2. The number of hydrogen-bond acceptors (Lipinski definition) is 20. The summed E-state index contributed by atoms with van der Waals surface area (Å²) in [6.45, 7) is 4.22. The molecule has 0 saturated carbocycles. The molecule has 4 aromatic carbocycles. The minimum absolute atomic E-state index is 0.00747. The second-order valence-corrected chi connectivity index (χ2v) is 31.9. The highest BCUT2D eigenvalue weighted by Gasteiger charge is 2.60. The van der Waals surface area contributed by atoms with Crippen molar-refractivity contribution in [3.8, 4) is 34.1 Å². The fraction of sp³-hybridized carbons (Fsp3) is 0.333. The Labute approximate surface area is 580 Å². The zero-order valence-electron chi connectivity index (χ0n) is 54.8. The molecule has 0 aliphatic heterocycles. The van der Waals surface area contributed by atoms with Crippen molar-refractivity contribution in [2.45, 2.75) is 101 Å². The fourth-order valence-electron chi connectivity index (χ4n) is 10.1. The van der Waals surface area contributed by atoms with E-state index in [1.54, 1.807) is 86.6 Å². The molecule has 8 rings (SSSR count). The van der Waals surface area contributed by atoms with Gasteiger partial charge in [-0.3, -0.25) is 47.0 Å². The summed E-state index contributed by atoms with van der Waals surface area (Å²) < 4.78 is 71.8. The molecule has 2 unspecified atom stereocenters. The SMILES string of the molecule is Cc1ccc2c(=O)cc(-c3ccc(C(=O)NCCOCCC(=O)CCC(O)C[n+]4ccc(CC(O)(P(=O)(O)O)P(=O)(O)O)cc4)cc3)oc2c1O.Cc1ccc2c(=O)cc(-c3ccc(C(=O)NCCOCCC(=O)CCC(O)C[n+]4cccc(CC(O)(P(=O)(O)O)P(=O)(O)O)c4)cc3)oc2c1O. The monoisotopic (exact) mass is 1500 g/mol. The topological polar surface area (TPSA) is 530 Å². The molecule has 2 amide bonds. The average Bonchev–Trinajstić information content (AvgIpc) is 0.789. The number of aliphatic hydroxyl groups is 4. The molecular formula is C66H78N4O28P4+2. The van der Waals surface area contributed by atoms with Crippen molar-refractivity contribution in [2.75, 3.05) is 39.5 Å². The van der Waals surface area contributed by atoms with E-state index in [4.69, 9.17) is 18.3 Å². The van der Waals surface area contributed by atoms with Gasteiger partial charge in [0.25, 0.3) is 22.0 Å². The third kappa shape index (κ3) is 21.5. The number of carbonyl (C=O) groups excluding carboxylic acids is 4. The van der Waals surface area contributed by atoms with Crippen LogP contribution >= 0.6 is 30.4 Å². The maximum Gasteiger partial charge on any atom is 0.369 e. The second-order valence-electron chi connectivity index (χ2n) is 23.9. The van der Waals surface area contributed by atoms with E-state index in [1.807, 2.05) is 0 Å². The van der Waals surface area contributed by atoms with Gasteiger partial charge in [0.1, 0.15) is 35.3 Å². The van der Waals surface area contributed by atoms with Crippen LogP contribution in [0.4, 0.5) is 0 Å². The number of aliphatic hydroxyl groups excluding tert-OH is 2. The highest BCUT2D eigenvalue weighted by atomic mass is 31.2. The van der Waals surface area contributed by atoms with Crippen LogP contribution in [-0.2, 0) is 63.3 Å². The first kappa shape index (κ1) is 81.1. The number of Topliss-reactive ketones (excluding diaryl/α,β-unsaturated/α-hetero) is 2. The lowest BCUT2D eigenvalue weighted by atomic mass is 10.1. The Bertz CT molecular complexity index is 4600. The number of pyridine rings is 2. The molecule has 0 saturated heterocycles. The van der Waals surface area contributed by atoms with Crippen LogP contribution in [0, 0.1) is 13.8 Å². The van der Waals surface area contributed by atoms with Crippen LogP contribution in [0.2, 0.25) is 0 Å². The summed E-state index contributed by atoms with van der Waals surface area (Å²) in [5.74, 6) is -0.810. The van der Waals surface area contributed by atoms with E-state index in [9.17, 15) is 117 Å². The van der Waals surface area contributed by atoms with E-state index in [-0.39, 0.29) is 181 Å². The summed E-state index contributed by atoms with van der Waals surface area (Å²) in [7, 11) is -22.5. The minimum atomic E-state index is -5.64. The molecule has 0 aliphatic carbocycles. The van der Waals surface area contributed by atoms with Gasteiger partial charge in [0, 0.05) is 110 Å². The third-order valence-corrected chi connectivity index (χ3v) is 23.6. The smallest absolute Gasteiger partial charge is 0.369 e. The first-order valence-electron chi connectivity index (χ1n) is 31.3. The Morgan fingerprint density at radius 1 is 0.500 bits per heavy atom. The summed E-state index contributed by atoms with van der Waals surface area (Å²) in [6, 6.07) is 27.1. The van der Waals surface area contributed by atoms with Crippen LogP contribution in [0.5, 0.6) is 11.5 Å². The lowest BCUT2D eigenvalue weighted by Gasteiger charge is -2.29. The van der Waals surface area contributed by atoms with Gasteiger partial charge < -0.3 is 98.7 Å². The largest absolute Gasteiger partial charge is 0.504 e. The van der Waals surface area contributed by atoms with Crippen molar-refractivity contribution in [1.29, 1.82) is 0 Å². The summed E-state index contributed by atoms with van der Waals surface area (Å²) in [5, 5.41) is 60.4. The number of carbonyl (C=O) groups is 4. The Hall–Kier alpha value is -8.16. The number of aromatic nitrogens is 2. The Morgan fingerprint density at radius 3 is 1.27 bits per heavy atom. The van der Waals surface area contributed by atoms with Crippen LogP contribution < -0.4 is 30.6 Å². The normalized spacial score (nSPS) is 12.9. The van der Waals surface area contributed by atoms with Crippen LogP contribution in [0.25, 0.3) is 44.6 Å². The van der Waals surface area contributed by atoms with Crippen molar-refractivity contribution >= 4 is 75.7 Å². The van der Waals surface area contributed by atoms with Crippen molar-refractivity contribution in [2.24, 2.45) is 0 Å². The molecule has 8 aromatic rings. The average molecular weight is 1500 g/mol. The molecule has 548 valence electrons. The molecule has 0 radical (unpaired) electrons. The molecule has 2 atom stereocenters. The lowest BCUT2D eigenvalue weighted by Crippen LogP contribution is -2.40. The van der Waals surface area contributed by atoms with Crippen molar-refractivity contribution in [1.82, 2.24) is 10.6 Å². The van der Waals surface area contributed by atoms with Crippen LogP contribution in [0.1, 0.15) is 81.5 Å². The number of benzene rings is 4. The number of ether oxygens (including phenoxy) is 2. The molecule has 16 N–H and O–H groups in total. The number of aryl methyl sites for hydroxylation is 2. The number of nitrogens with zero attached hydrogens (tertiary/aromatic N) is 2. The Balaban J connectivity index is 0.000000286. The molecule has 32 nitrogen and oxygen atoms in total. The summed E-state index contributed by atoms with van der Waals surface area (Å²) in [6.07, 6.45) is 2.01. The Kier molecular flexibility index (Phi) is 27.7. The van der Waals surface area contributed by atoms with E-state index in [0.29, 0.717) is 33.4 Å². The first-order valence-corrected chi connectivity index (χ1v) is 37.7. The van der Waals surface area contributed by atoms with Crippen LogP contribution in [0.3, 0.4) is 0 Å². The summed E-state index contributed by atoms with van der Waals surface area (Å²) in [5.41, 5.74) is 2.50. The Morgan fingerprint density at radius 2 is 0.882 bits per heavy atom. The molecule has 4 aromatic heterocycles. The number of phenolic OH excluding ortho intramolecular Hbond substituents is 2. The lowest BCUT2D eigenvalue weighted by molar-refractivity contribution is -0.704. The molecule has 0 aliphatic rings. The van der Waals surface area contributed by atoms with Crippen molar-refractivity contribution in [3.63, 3.8) is 0 Å². The predicted octanol–water partition coefficient (Wildman–Crippen LogP) is 3.70. The zero-order valence-corrected chi connectivity index (χ0v) is 58.4. The highest BCUT2D eigenvalue weighted by Crippen LogP contribution is 2.69. The quantitative estimate of drug-likeness (QED) is 0.0155. The van der Waals surface area contributed by atoms with Gasteiger partial charge in [-0.15, -0.1) is 0 Å². The molecule has 0 spiro atoms. The number of phenols is 2. The van der Waals surface area contributed by atoms with Crippen LogP contribution in [0.15, 0.2) is 152 Å². The number of ketones is 2. The summed E-state index contributed by atoms with van der Waals surface area (Å²) in [4.78, 5) is 149. The first-order chi connectivity index (χ1) is 47.8. The minimum Gasteiger partial charge on any atom is -0.504 e. The highest BCUT2D eigenvalue weighted by molar-refractivity contribution is 7.72. The van der Waals surface area contributed by atoms with E-state index < -0.39 is 65.6 Å². The number of rotatable bonds is 34. The zero-order chi connectivity index (χ0) is 75.1. The molecule has 4 heterocycles. The van der Waals surface area contributed by atoms with Crippen LogP contribution in [-0.4, -0.2) is 155 Å². The van der Waals surface area contributed by atoms with E-state index in [0.717, 1.165) is 0 Å². The van der Waals surface area contributed by atoms with Gasteiger partial charge in [-0.1, -0.05) is 36.4 Å². The maximum absolute atomic E-state index is 12.6. The van der Waals surface area contributed by atoms with Gasteiger partial charge in [0.15, 0.2) is 71.4 Å². The van der Waals surface area contributed by atoms with Gasteiger partial charge in [0.2, 0.25) is 0 Å².